The molecule has 0 saturated carbocycles. The van der Waals surface area contributed by atoms with Gasteiger partial charge in [-0.15, -0.1) is 0 Å². The van der Waals surface area contributed by atoms with E-state index in [9.17, 15) is 4.79 Å². The van der Waals surface area contributed by atoms with E-state index in [1.54, 1.807) is 24.3 Å². The number of esters is 1. The highest BCUT2D eigenvalue weighted by molar-refractivity contribution is 5.89. The van der Waals surface area contributed by atoms with Crippen molar-refractivity contribution in [2.75, 3.05) is 5.73 Å². The quantitative estimate of drug-likeness (QED) is 0.610. The molecule has 0 fully saturated rings. The molecule has 3 nitrogen and oxygen atoms in total. The van der Waals surface area contributed by atoms with Gasteiger partial charge in [0.15, 0.2) is 0 Å². The third-order valence-corrected chi connectivity index (χ3v) is 2.15. The lowest BCUT2D eigenvalue weighted by Gasteiger charge is -2.11. The first kappa shape index (κ1) is 11.6. The van der Waals surface area contributed by atoms with Gasteiger partial charge < -0.3 is 10.5 Å². The normalized spacial score (nSPS) is 12.1. The molecule has 0 bridgehead atoms. The Hall–Kier alpha value is -1.51. The van der Waals surface area contributed by atoms with Crippen LogP contribution in [0.4, 0.5) is 5.69 Å². The molecule has 1 atom stereocenters. The number of ether oxygens (including phenoxy) is 1. The highest BCUT2D eigenvalue weighted by Crippen LogP contribution is 2.09. The molecule has 0 spiro atoms. The maximum Gasteiger partial charge on any atom is 0.338 e. The lowest BCUT2D eigenvalue weighted by molar-refractivity contribution is 0.0323. The van der Waals surface area contributed by atoms with Crippen molar-refractivity contribution in [2.24, 2.45) is 0 Å². The molecule has 0 radical (unpaired) electrons. The van der Waals surface area contributed by atoms with E-state index in [0.29, 0.717) is 11.3 Å². The molecule has 1 unspecified atom stereocenters. The van der Waals surface area contributed by atoms with Crippen molar-refractivity contribution in [3.8, 4) is 0 Å². The van der Waals surface area contributed by atoms with Crippen LogP contribution < -0.4 is 5.73 Å². The van der Waals surface area contributed by atoms with E-state index in [1.165, 1.54) is 0 Å². The fourth-order valence-electron chi connectivity index (χ4n) is 1.34. The van der Waals surface area contributed by atoms with Gasteiger partial charge in [0.25, 0.3) is 0 Å². The molecular formula is C12H17NO2. The second-order valence-corrected chi connectivity index (χ2v) is 3.63. The summed E-state index contributed by atoms with van der Waals surface area (Å²) in [6.07, 6.45) is 1.87. The first-order valence-corrected chi connectivity index (χ1v) is 5.20. The predicted molar refractivity (Wildman–Crippen MR) is 60.6 cm³/mol. The third-order valence-electron chi connectivity index (χ3n) is 2.15. The maximum absolute atomic E-state index is 11.6. The van der Waals surface area contributed by atoms with E-state index >= 15 is 0 Å². The monoisotopic (exact) mass is 207 g/mol. The van der Waals surface area contributed by atoms with Crippen LogP contribution in [0.15, 0.2) is 24.3 Å². The molecule has 0 saturated heterocycles. The number of nitrogen functional groups attached to an aromatic ring is 1. The van der Waals surface area contributed by atoms with Gasteiger partial charge in [-0.3, -0.25) is 0 Å². The molecule has 0 heterocycles. The van der Waals surface area contributed by atoms with Crippen LogP contribution >= 0.6 is 0 Å². The van der Waals surface area contributed by atoms with Gasteiger partial charge in [0.1, 0.15) is 0 Å². The fourth-order valence-corrected chi connectivity index (χ4v) is 1.34. The summed E-state index contributed by atoms with van der Waals surface area (Å²) in [5.41, 5.74) is 6.72. The van der Waals surface area contributed by atoms with Crippen molar-refractivity contribution in [2.45, 2.75) is 32.8 Å². The number of anilines is 1. The highest BCUT2D eigenvalue weighted by atomic mass is 16.5. The van der Waals surface area contributed by atoms with Crippen LogP contribution in [0.1, 0.15) is 37.0 Å². The van der Waals surface area contributed by atoms with Gasteiger partial charge >= 0.3 is 5.97 Å². The van der Waals surface area contributed by atoms with Gasteiger partial charge in [0.2, 0.25) is 0 Å². The summed E-state index contributed by atoms with van der Waals surface area (Å²) in [5.74, 6) is -0.282. The minimum Gasteiger partial charge on any atom is -0.459 e. The average Bonchev–Trinajstić information content (AvgIpc) is 2.18. The first-order chi connectivity index (χ1) is 7.13. The smallest absolute Gasteiger partial charge is 0.338 e. The highest BCUT2D eigenvalue weighted by Gasteiger charge is 2.10. The molecule has 3 heteroatoms. The van der Waals surface area contributed by atoms with Crippen LogP contribution in [0.3, 0.4) is 0 Å². The minimum atomic E-state index is -0.282. The van der Waals surface area contributed by atoms with Gasteiger partial charge in [-0.25, -0.2) is 4.79 Å². The summed E-state index contributed by atoms with van der Waals surface area (Å²) in [6, 6.07) is 6.74. The van der Waals surface area contributed by atoms with Crippen LogP contribution in [0, 0.1) is 0 Å². The zero-order chi connectivity index (χ0) is 11.3. The van der Waals surface area contributed by atoms with Crippen molar-refractivity contribution in [3.05, 3.63) is 29.8 Å². The Morgan fingerprint density at radius 1 is 1.40 bits per heavy atom. The zero-order valence-electron chi connectivity index (χ0n) is 9.19. The summed E-state index contributed by atoms with van der Waals surface area (Å²) < 4.78 is 5.24. The number of carbonyl (C=O) groups excluding carboxylic acids is 1. The molecule has 0 aliphatic heterocycles. The second kappa shape index (κ2) is 5.39. The molecule has 1 aromatic rings. The summed E-state index contributed by atoms with van der Waals surface area (Å²) in [4.78, 5) is 11.6. The van der Waals surface area contributed by atoms with Crippen molar-refractivity contribution in [1.82, 2.24) is 0 Å². The number of carbonyl (C=O) groups is 1. The molecule has 0 amide bonds. The largest absolute Gasteiger partial charge is 0.459 e. The van der Waals surface area contributed by atoms with E-state index < -0.39 is 0 Å². The standard InChI is InChI=1S/C12H17NO2/c1-3-4-9(2)15-12(14)10-5-7-11(13)8-6-10/h5-9H,3-4,13H2,1-2H3. The van der Waals surface area contributed by atoms with E-state index in [0.717, 1.165) is 12.8 Å². The van der Waals surface area contributed by atoms with Gasteiger partial charge in [-0.05, 0) is 37.6 Å². The Bertz CT molecular complexity index is 319. The van der Waals surface area contributed by atoms with Crippen molar-refractivity contribution in [3.63, 3.8) is 0 Å². The molecule has 0 aromatic heterocycles. The second-order valence-electron chi connectivity index (χ2n) is 3.63. The van der Waals surface area contributed by atoms with Crippen LogP contribution in [0.25, 0.3) is 0 Å². The number of nitrogens with two attached hydrogens (primary N) is 1. The molecule has 1 aromatic carbocycles. The molecule has 2 N–H and O–H groups in total. The third kappa shape index (κ3) is 3.62. The Balaban J connectivity index is 2.57. The van der Waals surface area contributed by atoms with Crippen LogP contribution in [0.5, 0.6) is 0 Å². The molecule has 15 heavy (non-hydrogen) atoms. The van der Waals surface area contributed by atoms with Gasteiger partial charge in [-0.1, -0.05) is 13.3 Å². The van der Waals surface area contributed by atoms with E-state index in [4.69, 9.17) is 10.5 Å². The average molecular weight is 207 g/mol. The van der Waals surface area contributed by atoms with Crippen molar-refractivity contribution in [1.29, 1.82) is 0 Å². The number of hydrogen-bond acceptors (Lipinski definition) is 3. The number of benzene rings is 1. The molecule has 1 rings (SSSR count). The summed E-state index contributed by atoms with van der Waals surface area (Å²) in [6.45, 7) is 3.96. The van der Waals surface area contributed by atoms with Gasteiger partial charge in [0, 0.05) is 5.69 Å². The summed E-state index contributed by atoms with van der Waals surface area (Å²) >= 11 is 0. The van der Waals surface area contributed by atoms with E-state index in [2.05, 4.69) is 6.92 Å². The minimum absolute atomic E-state index is 0.0277. The fraction of sp³-hybridized carbons (Fsp3) is 0.417. The Morgan fingerprint density at radius 3 is 2.53 bits per heavy atom. The topological polar surface area (TPSA) is 52.3 Å². The van der Waals surface area contributed by atoms with Crippen LogP contribution in [-0.2, 0) is 4.74 Å². The molecule has 0 aliphatic carbocycles. The van der Waals surface area contributed by atoms with Crippen molar-refractivity contribution >= 4 is 11.7 Å². The van der Waals surface area contributed by atoms with Crippen molar-refractivity contribution < 1.29 is 9.53 Å². The van der Waals surface area contributed by atoms with Gasteiger partial charge in [-0.2, -0.15) is 0 Å². The predicted octanol–water partition coefficient (Wildman–Crippen LogP) is 2.61. The van der Waals surface area contributed by atoms with Crippen LogP contribution in [-0.4, -0.2) is 12.1 Å². The van der Waals surface area contributed by atoms with Gasteiger partial charge in [0.05, 0.1) is 11.7 Å². The number of rotatable bonds is 4. The molecule has 0 aliphatic rings. The number of hydrogen-bond donors (Lipinski definition) is 1. The SMILES string of the molecule is CCCC(C)OC(=O)c1ccc(N)cc1. The van der Waals surface area contributed by atoms with E-state index in [1.807, 2.05) is 6.92 Å². The van der Waals surface area contributed by atoms with E-state index in [-0.39, 0.29) is 12.1 Å². The maximum atomic E-state index is 11.6. The van der Waals surface area contributed by atoms with Crippen LogP contribution in [0.2, 0.25) is 0 Å². The molecule has 82 valence electrons. The first-order valence-electron chi connectivity index (χ1n) is 5.20. The summed E-state index contributed by atoms with van der Waals surface area (Å²) in [5, 5.41) is 0. The summed E-state index contributed by atoms with van der Waals surface area (Å²) in [7, 11) is 0. The lowest BCUT2D eigenvalue weighted by Crippen LogP contribution is -2.14. The lowest BCUT2D eigenvalue weighted by atomic mass is 10.2. The Labute approximate surface area is 90.2 Å². The Kier molecular flexibility index (Phi) is 4.16. The molecular weight excluding hydrogens is 190 g/mol. The zero-order valence-corrected chi connectivity index (χ0v) is 9.19. The Morgan fingerprint density at radius 2 is 2.00 bits per heavy atom.